The third kappa shape index (κ3) is 4.40. The summed E-state index contributed by atoms with van der Waals surface area (Å²) in [4.78, 5) is 32.7. The Kier molecular flexibility index (Phi) is 6.64. The highest BCUT2D eigenvalue weighted by molar-refractivity contribution is 5.94. The van der Waals surface area contributed by atoms with Crippen LogP contribution in [0, 0.1) is 5.92 Å². The van der Waals surface area contributed by atoms with Gasteiger partial charge in [-0.15, -0.1) is 5.10 Å². The van der Waals surface area contributed by atoms with Crippen LogP contribution in [0.5, 0.6) is 0 Å². The molecule has 0 spiro atoms. The molecule has 0 radical (unpaired) electrons. The van der Waals surface area contributed by atoms with Gasteiger partial charge in [0.25, 0.3) is 0 Å². The predicted molar refractivity (Wildman–Crippen MR) is 149 cm³/mol. The Morgan fingerprint density at radius 3 is 2.57 bits per heavy atom. The summed E-state index contributed by atoms with van der Waals surface area (Å²) in [5, 5.41) is 34.1. The molecule has 2 fully saturated rings. The topological polar surface area (TPSA) is 154 Å². The lowest BCUT2D eigenvalue weighted by Crippen LogP contribution is -2.53. The van der Waals surface area contributed by atoms with Crippen LogP contribution in [0.2, 0.25) is 0 Å². The van der Waals surface area contributed by atoms with Crippen LogP contribution in [0.25, 0.3) is 5.69 Å². The highest BCUT2D eigenvalue weighted by Crippen LogP contribution is 2.46. The summed E-state index contributed by atoms with van der Waals surface area (Å²) < 4.78 is 11.3. The van der Waals surface area contributed by atoms with E-state index in [0.717, 1.165) is 10.1 Å². The number of aliphatic hydroxyl groups excluding tert-OH is 2. The maximum Gasteiger partial charge on any atom is 0.352 e. The number of oxime groups is 1. The maximum atomic E-state index is 13.6. The number of hydrogen-bond donors (Lipinski definition) is 2. The third-order valence-electron chi connectivity index (χ3n) is 8.46. The molecule has 4 aromatic rings. The van der Waals surface area contributed by atoms with Crippen LogP contribution in [0.4, 0.5) is 0 Å². The predicted octanol–water partition coefficient (Wildman–Crippen LogP) is 1.00. The third-order valence-corrected chi connectivity index (χ3v) is 8.46. The Morgan fingerprint density at radius 1 is 1.10 bits per heavy atom. The Hall–Kier alpha value is -4.33. The van der Waals surface area contributed by atoms with Crippen molar-refractivity contribution >= 4 is 5.71 Å². The number of aromatic nitrogens is 6. The minimum atomic E-state index is -0.980. The fourth-order valence-electron chi connectivity index (χ4n) is 6.22. The second-order valence-electron chi connectivity index (χ2n) is 11.0. The summed E-state index contributed by atoms with van der Waals surface area (Å²) >= 11 is 0. The molecule has 7 atom stereocenters. The van der Waals surface area contributed by atoms with Crippen molar-refractivity contribution in [3.05, 3.63) is 99.1 Å². The van der Waals surface area contributed by atoms with Gasteiger partial charge >= 0.3 is 11.4 Å². The van der Waals surface area contributed by atoms with Gasteiger partial charge in [0.05, 0.1) is 36.3 Å². The van der Waals surface area contributed by atoms with Crippen LogP contribution in [-0.4, -0.2) is 69.8 Å². The summed E-state index contributed by atoms with van der Waals surface area (Å²) in [6.45, 7) is 1.98. The standard InChI is InChI=1S/C29H31N7O6/c1-17(22-15-33(32-30-22)20(16-37)14-18-8-4-2-5-9-18)42-31-23-21-12-13-34-28(39)35(19-10-6-3-7-11-19)29(40)36(34)24(21)25(38)27-26(23)41-27/h2-11,15,17,20-21,24-27,37-38H,12-14,16H2,1H3/b31-23+/t17-,20+,21-,24?,25+,26-,27+/m1/s1. The molecule has 42 heavy (non-hydrogen) atoms. The Morgan fingerprint density at radius 2 is 1.83 bits per heavy atom. The molecule has 7 rings (SSSR count). The van der Waals surface area contributed by atoms with E-state index in [1.807, 2.05) is 36.4 Å². The van der Waals surface area contributed by atoms with E-state index in [1.54, 1.807) is 42.1 Å². The number of nitrogens with zero attached hydrogens (tertiary/aromatic N) is 7. The van der Waals surface area contributed by atoms with Gasteiger partial charge < -0.3 is 19.8 Å². The van der Waals surface area contributed by atoms with Crippen molar-refractivity contribution in [1.29, 1.82) is 0 Å². The van der Waals surface area contributed by atoms with Gasteiger partial charge in [-0.1, -0.05) is 58.9 Å². The number of aliphatic hydroxyl groups is 2. The fraction of sp³-hybridized carbons (Fsp3) is 0.414. The minimum Gasteiger partial charge on any atom is -0.394 e. The quantitative estimate of drug-likeness (QED) is 0.234. The van der Waals surface area contributed by atoms with E-state index in [-0.39, 0.29) is 25.1 Å². The van der Waals surface area contributed by atoms with Crippen molar-refractivity contribution in [3.8, 4) is 5.69 Å². The Balaban J connectivity index is 1.13. The molecule has 218 valence electrons. The lowest BCUT2D eigenvalue weighted by atomic mass is 9.78. The van der Waals surface area contributed by atoms with Crippen molar-refractivity contribution in [2.75, 3.05) is 6.61 Å². The highest BCUT2D eigenvalue weighted by atomic mass is 16.6. The molecule has 2 N–H and O–H groups in total. The van der Waals surface area contributed by atoms with Gasteiger partial charge in [0, 0.05) is 12.5 Å². The zero-order valence-corrected chi connectivity index (χ0v) is 22.9. The average Bonchev–Trinajstić information content (AvgIpc) is 3.59. The van der Waals surface area contributed by atoms with Gasteiger partial charge in [-0.3, -0.25) is 0 Å². The molecule has 13 heteroatoms. The summed E-state index contributed by atoms with van der Waals surface area (Å²) in [6, 6.07) is 17.6. The lowest BCUT2D eigenvalue weighted by molar-refractivity contribution is 0.0291. The molecule has 2 aliphatic heterocycles. The van der Waals surface area contributed by atoms with Crippen LogP contribution in [0.3, 0.4) is 0 Å². The normalized spacial score (nSPS) is 26.6. The van der Waals surface area contributed by atoms with Gasteiger partial charge in [-0.2, -0.15) is 0 Å². The second-order valence-corrected chi connectivity index (χ2v) is 11.0. The molecule has 1 saturated heterocycles. The van der Waals surface area contributed by atoms with Crippen molar-refractivity contribution in [2.45, 2.75) is 62.8 Å². The van der Waals surface area contributed by atoms with Crippen molar-refractivity contribution in [3.63, 3.8) is 0 Å². The van der Waals surface area contributed by atoms with Crippen LogP contribution >= 0.6 is 0 Å². The van der Waals surface area contributed by atoms with Crippen molar-refractivity contribution in [1.82, 2.24) is 28.9 Å². The average molecular weight is 574 g/mol. The number of epoxide rings is 1. The number of rotatable bonds is 8. The second kappa shape index (κ2) is 10.5. The maximum absolute atomic E-state index is 13.6. The smallest absolute Gasteiger partial charge is 0.352 e. The first kappa shape index (κ1) is 26.6. The highest BCUT2D eigenvalue weighted by Gasteiger charge is 2.61. The zero-order valence-electron chi connectivity index (χ0n) is 22.9. The monoisotopic (exact) mass is 573 g/mol. The number of hydrogen-bond acceptors (Lipinski definition) is 9. The molecule has 0 bridgehead atoms. The first-order valence-electron chi connectivity index (χ1n) is 14.1. The molecular weight excluding hydrogens is 542 g/mol. The first-order valence-corrected chi connectivity index (χ1v) is 14.1. The molecule has 1 aliphatic carbocycles. The van der Waals surface area contributed by atoms with Gasteiger partial charge in [0.15, 0.2) is 6.10 Å². The molecule has 4 heterocycles. The Labute approximate surface area is 239 Å². The molecule has 0 amide bonds. The van der Waals surface area contributed by atoms with Gasteiger partial charge in [-0.25, -0.2) is 28.2 Å². The van der Waals surface area contributed by atoms with Crippen LogP contribution < -0.4 is 11.4 Å². The van der Waals surface area contributed by atoms with Crippen molar-refractivity contribution in [2.24, 2.45) is 11.1 Å². The largest absolute Gasteiger partial charge is 0.394 e. The summed E-state index contributed by atoms with van der Waals surface area (Å²) in [7, 11) is 0. The van der Waals surface area contributed by atoms with Gasteiger partial charge in [-0.05, 0) is 37.5 Å². The van der Waals surface area contributed by atoms with E-state index >= 15 is 0 Å². The SMILES string of the molecule is C[C@@H](O/N=C1\[C@H]2CCn3c(=O)n(-c4ccccc4)c(=O)n3C2[C@H](O)[C@@H]2O[C@H]12)c1cn([C@H](CO)Cc2ccccc2)nn1. The van der Waals surface area contributed by atoms with Crippen LogP contribution in [0.15, 0.2) is 81.6 Å². The molecule has 1 saturated carbocycles. The van der Waals surface area contributed by atoms with Gasteiger partial charge in [0.2, 0.25) is 0 Å². The molecule has 2 aromatic heterocycles. The lowest BCUT2D eigenvalue weighted by Gasteiger charge is -2.38. The minimum absolute atomic E-state index is 0.0997. The number of fused-ring (bicyclic) bond motifs is 4. The zero-order chi connectivity index (χ0) is 29.0. The van der Waals surface area contributed by atoms with E-state index in [9.17, 15) is 19.8 Å². The van der Waals surface area contributed by atoms with E-state index in [0.29, 0.717) is 29.9 Å². The fourth-order valence-corrected chi connectivity index (χ4v) is 6.22. The number of ether oxygens (including phenoxy) is 1. The molecule has 3 aliphatic rings. The number of benzene rings is 2. The Bertz CT molecular complexity index is 1730. The first-order chi connectivity index (χ1) is 20.5. The van der Waals surface area contributed by atoms with E-state index in [1.165, 1.54) is 9.36 Å². The van der Waals surface area contributed by atoms with Gasteiger partial charge in [0.1, 0.15) is 24.0 Å². The van der Waals surface area contributed by atoms with Crippen molar-refractivity contribution < 1.29 is 19.8 Å². The molecular formula is C29H31N7O6. The van der Waals surface area contributed by atoms with E-state index in [4.69, 9.17) is 9.57 Å². The summed E-state index contributed by atoms with van der Waals surface area (Å²) in [5.74, 6) is -0.361. The van der Waals surface area contributed by atoms with Crippen LogP contribution in [0.1, 0.15) is 42.8 Å². The summed E-state index contributed by atoms with van der Waals surface area (Å²) in [5.41, 5.74) is 1.72. The van der Waals surface area contributed by atoms with E-state index < -0.39 is 41.8 Å². The molecule has 13 nitrogen and oxygen atoms in total. The molecule has 2 aromatic carbocycles. The summed E-state index contributed by atoms with van der Waals surface area (Å²) in [6.07, 6.45) is 0.321. The number of para-hydroxylation sites is 1. The van der Waals surface area contributed by atoms with Crippen LogP contribution in [-0.2, 0) is 22.5 Å². The van der Waals surface area contributed by atoms with E-state index in [2.05, 4.69) is 15.5 Å². The molecule has 1 unspecified atom stereocenters.